The molecular weight excluding hydrogens is 345 g/mol. The first-order chi connectivity index (χ1) is 12.3. The molecule has 0 saturated carbocycles. The first-order valence-corrected chi connectivity index (χ1v) is 8.09. The number of carbonyl (C=O) groups excluding carboxylic acids is 2. The van der Waals surface area contributed by atoms with Crippen LogP contribution in [-0.2, 0) is 22.4 Å². The molecule has 7 heteroatoms. The van der Waals surface area contributed by atoms with E-state index in [1.54, 1.807) is 48.5 Å². The van der Waals surface area contributed by atoms with E-state index >= 15 is 0 Å². The highest BCUT2D eigenvalue weighted by Gasteiger charge is 2.63. The predicted octanol–water partition coefficient (Wildman–Crippen LogP) is 2.39. The van der Waals surface area contributed by atoms with Crippen LogP contribution < -0.4 is 10.6 Å². The van der Waals surface area contributed by atoms with Gasteiger partial charge in [-0.05, 0) is 11.1 Å². The Hall–Kier alpha value is -2.83. The fraction of sp³-hybridized carbons (Fsp3) is 0.263. The Balaban J connectivity index is 1.86. The van der Waals surface area contributed by atoms with Crippen molar-refractivity contribution in [2.75, 3.05) is 0 Å². The Kier molecular flexibility index (Phi) is 4.71. The van der Waals surface area contributed by atoms with Gasteiger partial charge in [0, 0.05) is 12.8 Å². The molecule has 1 aliphatic heterocycles. The third-order valence-corrected chi connectivity index (χ3v) is 4.42. The molecule has 1 fully saturated rings. The number of nitrogens with one attached hydrogen (secondary N) is 2. The zero-order chi connectivity index (χ0) is 18.8. The van der Waals surface area contributed by atoms with E-state index in [2.05, 4.69) is 5.32 Å². The standard InChI is InChI=1S/C19H17F3N2O2/c20-19(21,22)18(12-14-9-5-2-6-10-14)17(26)23-15(16(25)24-18)11-13-7-3-1-4-8-13/h1-10,15H,11-12H2,(H,23,26)(H,24,25)/t15-,18+/m0/s1. The van der Waals surface area contributed by atoms with Crippen LogP contribution in [0.2, 0.25) is 0 Å². The van der Waals surface area contributed by atoms with Crippen molar-refractivity contribution in [2.45, 2.75) is 30.6 Å². The van der Waals surface area contributed by atoms with E-state index in [1.807, 2.05) is 5.32 Å². The van der Waals surface area contributed by atoms with Gasteiger partial charge in [-0.3, -0.25) is 9.59 Å². The molecule has 2 amide bonds. The quantitative estimate of drug-likeness (QED) is 0.878. The van der Waals surface area contributed by atoms with Crippen LogP contribution in [0.25, 0.3) is 0 Å². The molecule has 0 bridgehead atoms. The molecule has 4 nitrogen and oxygen atoms in total. The van der Waals surface area contributed by atoms with Crippen LogP contribution in [-0.4, -0.2) is 29.6 Å². The zero-order valence-electron chi connectivity index (χ0n) is 13.7. The highest BCUT2D eigenvalue weighted by molar-refractivity contribution is 6.00. The molecule has 26 heavy (non-hydrogen) atoms. The summed E-state index contributed by atoms with van der Waals surface area (Å²) >= 11 is 0. The monoisotopic (exact) mass is 362 g/mol. The molecule has 2 aromatic carbocycles. The number of carbonyl (C=O) groups is 2. The molecule has 0 radical (unpaired) electrons. The third-order valence-electron chi connectivity index (χ3n) is 4.42. The summed E-state index contributed by atoms with van der Waals surface area (Å²) in [7, 11) is 0. The average molecular weight is 362 g/mol. The largest absolute Gasteiger partial charge is 0.420 e. The number of halogens is 3. The summed E-state index contributed by atoms with van der Waals surface area (Å²) in [4.78, 5) is 24.8. The van der Waals surface area contributed by atoms with Gasteiger partial charge in [-0.15, -0.1) is 0 Å². The lowest BCUT2D eigenvalue weighted by Crippen LogP contribution is -2.76. The maximum Gasteiger partial charge on any atom is 0.420 e. The molecular formula is C19H17F3N2O2. The Labute approximate surface area is 148 Å². The van der Waals surface area contributed by atoms with Crippen LogP contribution >= 0.6 is 0 Å². The van der Waals surface area contributed by atoms with Gasteiger partial charge in [0.2, 0.25) is 11.4 Å². The van der Waals surface area contributed by atoms with Gasteiger partial charge in [-0.2, -0.15) is 13.2 Å². The minimum atomic E-state index is -4.93. The van der Waals surface area contributed by atoms with E-state index in [0.717, 1.165) is 5.56 Å². The van der Waals surface area contributed by atoms with Crippen LogP contribution in [0, 0.1) is 0 Å². The second kappa shape index (κ2) is 6.82. The van der Waals surface area contributed by atoms with E-state index in [4.69, 9.17) is 0 Å². The van der Waals surface area contributed by atoms with Gasteiger partial charge in [-0.25, -0.2) is 0 Å². The Morgan fingerprint density at radius 3 is 1.96 bits per heavy atom. The molecule has 2 atom stereocenters. The van der Waals surface area contributed by atoms with Crippen LogP contribution in [0.3, 0.4) is 0 Å². The molecule has 2 N–H and O–H groups in total. The van der Waals surface area contributed by atoms with Crippen molar-refractivity contribution in [1.29, 1.82) is 0 Å². The second-order valence-corrected chi connectivity index (χ2v) is 6.27. The van der Waals surface area contributed by atoms with Crippen molar-refractivity contribution in [3.8, 4) is 0 Å². The smallest absolute Gasteiger partial charge is 0.342 e. The normalized spacial score (nSPS) is 23.3. The Morgan fingerprint density at radius 1 is 0.885 bits per heavy atom. The Morgan fingerprint density at radius 2 is 1.42 bits per heavy atom. The Bertz CT molecular complexity index is 793. The summed E-state index contributed by atoms with van der Waals surface area (Å²) in [5.41, 5.74) is -1.92. The fourth-order valence-electron chi connectivity index (χ4n) is 3.02. The van der Waals surface area contributed by atoms with Crippen molar-refractivity contribution in [3.05, 3.63) is 71.8 Å². The molecule has 1 aliphatic rings. The van der Waals surface area contributed by atoms with Crippen molar-refractivity contribution in [3.63, 3.8) is 0 Å². The maximum absolute atomic E-state index is 13.8. The lowest BCUT2D eigenvalue weighted by atomic mass is 9.85. The first-order valence-electron chi connectivity index (χ1n) is 8.09. The van der Waals surface area contributed by atoms with Gasteiger partial charge < -0.3 is 10.6 Å². The van der Waals surface area contributed by atoms with Gasteiger partial charge >= 0.3 is 6.18 Å². The predicted molar refractivity (Wildman–Crippen MR) is 89.2 cm³/mol. The number of piperazine rings is 1. The topological polar surface area (TPSA) is 58.2 Å². The summed E-state index contributed by atoms with van der Waals surface area (Å²) in [5.74, 6) is -2.09. The number of benzene rings is 2. The zero-order valence-corrected chi connectivity index (χ0v) is 13.7. The van der Waals surface area contributed by atoms with Crippen molar-refractivity contribution < 1.29 is 22.8 Å². The van der Waals surface area contributed by atoms with E-state index in [-0.39, 0.29) is 6.42 Å². The van der Waals surface area contributed by atoms with Gasteiger partial charge in [0.25, 0.3) is 5.91 Å². The van der Waals surface area contributed by atoms with Gasteiger partial charge in [0.15, 0.2) is 0 Å². The summed E-state index contributed by atoms with van der Waals surface area (Å²) in [6.45, 7) is 0. The molecule has 0 aliphatic carbocycles. The molecule has 0 aromatic heterocycles. The third kappa shape index (κ3) is 3.42. The molecule has 136 valence electrons. The average Bonchev–Trinajstić information content (AvgIpc) is 2.60. The highest BCUT2D eigenvalue weighted by Crippen LogP contribution is 2.35. The summed E-state index contributed by atoms with van der Waals surface area (Å²) in [6, 6.07) is 15.6. The number of hydrogen-bond acceptors (Lipinski definition) is 2. The van der Waals surface area contributed by atoms with Crippen LogP contribution in [0.5, 0.6) is 0 Å². The fourth-order valence-corrected chi connectivity index (χ4v) is 3.02. The lowest BCUT2D eigenvalue weighted by Gasteiger charge is -2.41. The van der Waals surface area contributed by atoms with Crippen LogP contribution in [0.1, 0.15) is 11.1 Å². The SMILES string of the molecule is O=C1N[C@@](Cc2ccccc2)(C(F)(F)F)C(=O)N[C@H]1Cc1ccccc1. The highest BCUT2D eigenvalue weighted by atomic mass is 19.4. The first kappa shape index (κ1) is 18.0. The molecule has 1 heterocycles. The van der Waals surface area contributed by atoms with Crippen molar-refractivity contribution >= 4 is 11.8 Å². The van der Waals surface area contributed by atoms with E-state index in [0.29, 0.717) is 5.56 Å². The maximum atomic E-state index is 13.8. The number of alkyl halides is 3. The molecule has 3 rings (SSSR count). The summed E-state index contributed by atoms with van der Waals surface area (Å²) < 4.78 is 41.4. The molecule has 2 aromatic rings. The number of rotatable bonds is 4. The van der Waals surface area contributed by atoms with Gasteiger partial charge in [0.05, 0.1) is 0 Å². The van der Waals surface area contributed by atoms with E-state index in [1.165, 1.54) is 12.1 Å². The number of amides is 2. The molecule has 0 unspecified atom stereocenters. The van der Waals surface area contributed by atoms with Crippen molar-refractivity contribution in [2.24, 2.45) is 0 Å². The van der Waals surface area contributed by atoms with E-state index in [9.17, 15) is 22.8 Å². The molecule has 0 spiro atoms. The minimum absolute atomic E-state index is 0.123. The summed E-state index contributed by atoms with van der Waals surface area (Å²) in [6.07, 6.45) is -5.47. The van der Waals surface area contributed by atoms with Gasteiger partial charge in [0.1, 0.15) is 6.04 Å². The number of hydrogen-bond donors (Lipinski definition) is 2. The molecule has 1 saturated heterocycles. The minimum Gasteiger partial charge on any atom is -0.342 e. The van der Waals surface area contributed by atoms with Crippen molar-refractivity contribution in [1.82, 2.24) is 10.6 Å². The summed E-state index contributed by atoms with van der Waals surface area (Å²) in [5, 5.41) is 4.22. The van der Waals surface area contributed by atoms with Crippen LogP contribution in [0.15, 0.2) is 60.7 Å². The lowest BCUT2D eigenvalue weighted by molar-refractivity contribution is -0.205. The van der Waals surface area contributed by atoms with Crippen LogP contribution in [0.4, 0.5) is 13.2 Å². The van der Waals surface area contributed by atoms with Gasteiger partial charge in [-0.1, -0.05) is 60.7 Å². The van der Waals surface area contributed by atoms with E-state index < -0.39 is 36.0 Å². The second-order valence-electron chi connectivity index (χ2n) is 6.27.